The standard InChI is InChI=1S/C8H11ClN2O2/c1-5-3-8(11(12)13-2)7(10)4-6(5)9/h3-4,12H,10H2,1-2H3. The summed E-state index contributed by atoms with van der Waals surface area (Å²) in [5, 5.41) is 10.4. The Morgan fingerprint density at radius 2 is 2.15 bits per heavy atom. The normalized spacial score (nSPS) is 10.2. The lowest BCUT2D eigenvalue weighted by atomic mass is 10.2. The number of benzene rings is 1. The lowest BCUT2D eigenvalue weighted by molar-refractivity contribution is -0.0106. The number of nitrogen functional groups attached to an aromatic ring is 1. The van der Waals surface area contributed by atoms with Crippen LogP contribution in [0.25, 0.3) is 0 Å². The molecule has 0 aliphatic rings. The molecule has 0 saturated carbocycles. The number of nitrogens with zero attached hydrogens (tertiary/aromatic N) is 1. The maximum absolute atomic E-state index is 9.21. The molecule has 3 N–H and O–H groups in total. The van der Waals surface area contributed by atoms with E-state index in [1.165, 1.54) is 7.11 Å². The molecule has 0 unspecified atom stereocenters. The number of rotatable bonds is 2. The van der Waals surface area contributed by atoms with Crippen molar-refractivity contribution in [3.05, 3.63) is 22.7 Å². The molecule has 0 heterocycles. The van der Waals surface area contributed by atoms with Gasteiger partial charge in [0.05, 0.1) is 12.8 Å². The van der Waals surface area contributed by atoms with Gasteiger partial charge in [-0.25, -0.2) is 0 Å². The third kappa shape index (κ3) is 2.03. The van der Waals surface area contributed by atoms with Gasteiger partial charge in [-0.15, -0.1) is 5.23 Å². The summed E-state index contributed by atoms with van der Waals surface area (Å²) in [5.41, 5.74) is 7.16. The Morgan fingerprint density at radius 3 is 2.69 bits per heavy atom. The molecular formula is C8H11ClN2O2. The number of halogens is 1. The zero-order valence-electron chi connectivity index (χ0n) is 7.41. The van der Waals surface area contributed by atoms with E-state index < -0.39 is 0 Å². The average Bonchev–Trinajstić information content (AvgIpc) is 2.10. The first-order valence-corrected chi connectivity index (χ1v) is 4.02. The third-order valence-electron chi connectivity index (χ3n) is 1.69. The molecule has 4 nitrogen and oxygen atoms in total. The highest BCUT2D eigenvalue weighted by molar-refractivity contribution is 6.31. The fourth-order valence-electron chi connectivity index (χ4n) is 0.946. The highest BCUT2D eigenvalue weighted by Gasteiger charge is 2.08. The summed E-state index contributed by atoms with van der Waals surface area (Å²) in [6.07, 6.45) is 0. The lowest BCUT2D eigenvalue weighted by Crippen LogP contribution is -2.17. The van der Waals surface area contributed by atoms with E-state index in [0.717, 1.165) is 5.56 Å². The summed E-state index contributed by atoms with van der Waals surface area (Å²) >= 11 is 5.81. The summed E-state index contributed by atoms with van der Waals surface area (Å²) in [6.45, 7) is 1.81. The van der Waals surface area contributed by atoms with Gasteiger partial charge in [0.25, 0.3) is 0 Å². The van der Waals surface area contributed by atoms with Crippen LogP contribution in [0.5, 0.6) is 0 Å². The predicted molar refractivity (Wildman–Crippen MR) is 51.9 cm³/mol. The van der Waals surface area contributed by atoms with Crippen LogP contribution in [0, 0.1) is 6.92 Å². The van der Waals surface area contributed by atoms with E-state index in [2.05, 4.69) is 4.84 Å². The molecule has 1 aromatic carbocycles. The fraction of sp³-hybridized carbons (Fsp3) is 0.250. The van der Waals surface area contributed by atoms with E-state index in [0.29, 0.717) is 21.6 Å². The number of hydrogen-bond acceptors (Lipinski definition) is 4. The summed E-state index contributed by atoms with van der Waals surface area (Å²) in [5.74, 6) is 0. The molecule has 0 saturated heterocycles. The first-order chi connectivity index (χ1) is 6.06. The van der Waals surface area contributed by atoms with Crippen molar-refractivity contribution in [3.8, 4) is 0 Å². The number of anilines is 2. The van der Waals surface area contributed by atoms with Crippen LogP contribution in [0.2, 0.25) is 5.02 Å². The SMILES string of the molecule is CON(O)c1cc(C)c(Cl)cc1N. The van der Waals surface area contributed by atoms with Gasteiger partial charge in [-0.2, -0.15) is 0 Å². The molecule has 0 fully saturated rings. The van der Waals surface area contributed by atoms with Crippen molar-refractivity contribution in [2.75, 3.05) is 18.1 Å². The summed E-state index contributed by atoms with van der Waals surface area (Å²) in [4.78, 5) is 4.58. The quantitative estimate of drug-likeness (QED) is 0.569. The van der Waals surface area contributed by atoms with Crippen LogP contribution < -0.4 is 11.0 Å². The minimum Gasteiger partial charge on any atom is -0.397 e. The second kappa shape index (κ2) is 3.83. The van der Waals surface area contributed by atoms with Crippen LogP contribution in [0.4, 0.5) is 11.4 Å². The van der Waals surface area contributed by atoms with E-state index in [4.69, 9.17) is 17.3 Å². The van der Waals surface area contributed by atoms with Gasteiger partial charge >= 0.3 is 0 Å². The molecule has 0 atom stereocenters. The van der Waals surface area contributed by atoms with Crippen molar-refractivity contribution in [1.29, 1.82) is 0 Å². The minimum absolute atomic E-state index is 0.361. The van der Waals surface area contributed by atoms with Crippen molar-refractivity contribution in [3.63, 3.8) is 0 Å². The van der Waals surface area contributed by atoms with Crippen LogP contribution in [-0.2, 0) is 4.84 Å². The van der Waals surface area contributed by atoms with E-state index in [-0.39, 0.29) is 0 Å². The van der Waals surface area contributed by atoms with E-state index in [1.807, 2.05) is 6.92 Å². The molecule has 0 bridgehead atoms. The van der Waals surface area contributed by atoms with Crippen molar-refractivity contribution in [1.82, 2.24) is 0 Å². The summed E-state index contributed by atoms with van der Waals surface area (Å²) < 4.78 is 0. The van der Waals surface area contributed by atoms with Crippen LogP contribution in [0.15, 0.2) is 12.1 Å². The first-order valence-electron chi connectivity index (χ1n) is 3.65. The molecule has 0 aliphatic heterocycles. The summed E-state index contributed by atoms with van der Waals surface area (Å²) in [7, 11) is 1.34. The first kappa shape index (κ1) is 10.1. The number of aryl methyl sites for hydroxylation is 1. The van der Waals surface area contributed by atoms with E-state index in [1.54, 1.807) is 12.1 Å². The Hall–Kier alpha value is -0.970. The van der Waals surface area contributed by atoms with E-state index >= 15 is 0 Å². The zero-order chi connectivity index (χ0) is 10.0. The number of nitrogens with two attached hydrogens (primary N) is 1. The Labute approximate surface area is 81.4 Å². The van der Waals surface area contributed by atoms with E-state index in [9.17, 15) is 5.21 Å². The Kier molecular flexibility index (Phi) is 2.98. The molecule has 0 spiro atoms. The van der Waals surface area contributed by atoms with Crippen LogP contribution in [0.1, 0.15) is 5.56 Å². The third-order valence-corrected chi connectivity index (χ3v) is 2.09. The highest BCUT2D eigenvalue weighted by atomic mass is 35.5. The lowest BCUT2D eigenvalue weighted by Gasteiger charge is -2.16. The molecule has 0 radical (unpaired) electrons. The second-order valence-electron chi connectivity index (χ2n) is 2.62. The van der Waals surface area contributed by atoms with Crippen molar-refractivity contribution < 1.29 is 10.0 Å². The number of hydrogen-bond donors (Lipinski definition) is 2. The van der Waals surface area contributed by atoms with Crippen molar-refractivity contribution >= 4 is 23.0 Å². The molecule has 5 heteroatoms. The Balaban J connectivity index is 3.15. The smallest absolute Gasteiger partial charge is 0.118 e. The van der Waals surface area contributed by atoms with Crippen LogP contribution in [-0.4, -0.2) is 12.3 Å². The predicted octanol–water partition coefficient (Wildman–Crippen LogP) is 1.99. The monoisotopic (exact) mass is 202 g/mol. The molecule has 72 valence electrons. The fourth-order valence-corrected chi connectivity index (χ4v) is 1.12. The maximum atomic E-state index is 9.21. The van der Waals surface area contributed by atoms with Crippen molar-refractivity contribution in [2.45, 2.75) is 6.92 Å². The molecule has 1 rings (SSSR count). The summed E-state index contributed by atoms with van der Waals surface area (Å²) in [6, 6.07) is 3.20. The maximum Gasteiger partial charge on any atom is 0.118 e. The van der Waals surface area contributed by atoms with Crippen LogP contribution in [0.3, 0.4) is 0 Å². The Bertz CT molecular complexity index is 317. The zero-order valence-corrected chi connectivity index (χ0v) is 8.17. The van der Waals surface area contributed by atoms with Gasteiger partial charge in [-0.05, 0) is 24.6 Å². The van der Waals surface area contributed by atoms with Gasteiger partial charge in [0.15, 0.2) is 0 Å². The Morgan fingerprint density at radius 1 is 1.54 bits per heavy atom. The molecule has 0 aliphatic carbocycles. The highest BCUT2D eigenvalue weighted by Crippen LogP contribution is 2.28. The topological polar surface area (TPSA) is 58.7 Å². The minimum atomic E-state index is 0.361. The van der Waals surface area contributed by atoms with Gasteiger partial charge in [0.1, 0.15) is 5.69 Å². The van der Waals surface area contributed by atoms with Crippen LogP contribution >= 0.6 is 11.6 Å². The molecule has 13 heavy (non-hydrogen) atoms. The average molecular weight is 203 g/mol. The molecule has 0 aromatic heterocycles. The van der Waals surface area contributed by atoms with Gasteiger partial charge in [0.2, 0.25) is 0 Å². The van der Waals surface area contributed by atoms with Gasteiger partial charge in [-0.1, -0.05) is 11.6 Å². The van der Waals surface area contributed by atoms with Crippen molar-refractivity contribution in [2.24, 2.45) is 0 Å². The second-order valence-corrected chi connectivity index (χ2v) is 3.02. The van der Waals surface area contributed by atoms with Gasteiger partial charge in [0, 0.05) is 5.02 Å². The molecular weight excluding hydrogens is 192 g/mol. The molecule has 0 amide bonds. The largest absolute Gasteiger partial charge is 0.397 e. The molecule has 1 aromatic rings. The van der Waals surface area contributed by atoms with Gasteiger partial charge in [-0.3, -0.25) is 10.0 Å². The van der Waals surface area contributed by atoms with Gasteiger partial charge < -0.3 is 5.73 Å².